The van der Waals surface area contributed by atoms with Gasteiger partial charge in [-0.05, 0) is 18.1 Å². The maximum absolute atomic E-state index is 11.7. The number of hydrogen-bond acceptors (Lipinski definition) is 2. The van der Waals surface area contributed by atoms with Gasteiger partial charge in [0.25, 0.3) is 5.56 Å². The highest BCUT2D eigenvalue weighted by atomic mass is 16.4. The van der Waals surface area contributed by atoms with Crippen LogP contribution in [-0.2, 0) is 13.0 Å². The van der Waals surface area contributed by atoms with Gasteiger partial charge in [0, 0.05) is 18.8 Å². The topological polar surface area (TPSA) is 59.3 Å². The fourth-order valence-electron chi connectivity index (χ4n) is 1.72. The van der Waals surface area contributed by atoms with Gasteiger partial charge >= 0.3 is 5.97 Å². The quantitative estimate of drug-likeness (QED) is 0.890. The summed E-state index contributed by atoms with van der Waals surface area (Å²) in [5, 5.41) is 8.76. The second-order valence-corrected chi connectivity index (χ2v) is 3.99. The van der Waals surface area contributed by atoms with Crippen molar-refractivity contribution in [3.05, 3.63) is 70.1 Å². The molecule has 1 aromatic heterocycles. The Hall–Kier alpha value is -2.36. The minimum absolute atomic E-state index is 0.0240. The summed E-state index contributed by atoms with van der Waals surface area (Å²) in [7, 11) is 0. The molecule has 0 aliphatic rings. The van der Waals surface area contributed by atoms with E-state index < -0.39 is 5.97 Å². The molecule has 2 aromatic rings. The van der Waals surface area contributed by atoms with E-state index >= 15 is 0 Å². The van der Waals surface area contributed by atoms with Crippen molar-refractivity contribution < 1.29 is 9.90 Å². The van der Waals surface area contributed by atoms with Crippen molar-refractivity contribution in [2.75, 3.05) is 0 Å². The molecular weight excluding hydrogens is 230 g/mol. The largest absolute Gasteiger partial charge is 0.478 e. The lowest BCUT2D eigenvalue weighted by Crippen LogP contribution is -2.21. The van der Waals surface area contributed by atoms with E-state index in [2.05, 4.69) is 0 Å². The maximum Gasteiger partial charge on any atom is 0.335 e. The molecule has 0 bridgehead atoms. The number of carbonyl (C=O) groups is 1. The first-order valence-electron chi connectivity index (χ1n) is 5.64. The van der Waals surface area contributed by atoms with Crippen LogP contribution >= 0.6 is 0 Å². The molecule has 0 fully saturated rings. The smallest absolute Gasteiger partial charge is 0.335 e. The van der Waals surface area contributed by atoms with Gasteiger partial charge in [-0.15, -0.1) is 0 Å². The van der Waals surface area contributed by atoms with Crippen LogP contribution in [0.25, 0.3) is 0 Å². The lowest BCUT2D eigenvalue weighted by atomic mass is 10.1. The Labute approximate surface area is 104 Å². The average molecular weight is 243 g/mol. The van der Waals surface area contributed by atoms with Gasteiger partial charge in [0.1, 0.15) is 0 Å². The molecule has 92 valence electrons. The third-order valence-corrected chi connectivity index (χ3v) is 2.73. The average Bonchev–Trinajstić information content (AvgIpc) is 2.38. The molecule has 4 nitrogen and oxygen atoms in total. The van der Waals surface area contributed by atoms with Crippen molar-refractivity contribution in [3.63, 3.8) is 0 Å². The summed E-state index contributed by atoms with van der Waals surface area (Å²) in [6.07, 6.45) is 2.27. The Morgan fingerprint density at radius 2 is 1.89 bits per heavy atom. The molecule has 1 heterocycles. The summed E-state index contributed by atoms with van der Waals surface area (Å²) in [6, 6.07) is 12.4. The predicted molar refractivity (Wildman–Crippen MR) is 67.8 cm³/mol. The number of nitrogens with zero attached hydrogens (tertiary/aromatic N) is 1. The Balaban J connectivity index is 2.11. The zero-order valence-electron chi connectivity index (χ0n) is 9.74. The van der Waals surface area contributed by atoms with E-state index in [4.69, 9.17) is 5.11 Å². The Bertz CT molecular complexity index is 602. The van der Waals surface area contributed by atoms with Crippen molar-refractivity contribution in [1.29, 1.82) is 0 Å². The molecule has 0 aliphatic heterocycles. The van der Waals surface area contributed by atoms with E-state index in [9.17, 15) is 9.59 Å². The maximum atomic E-state index is 11.7. The molecule has 1 N–H and O–H groups in total. The molecule has 1 aromatic carbocycles. The van der Waals surface area contributed by atoms with Crippen molar-refractivity contribution in [3.8, 4) is 0 Å². The van der Waals surface area contributed by atoms with E-state index in [0.717, 1.165) is 18.1 Å². The Morgan fingerprint density at radius 3 is 2.50 bits per heavy atom. The van der Waals surface area contributed by atoms with Crippen LogP contribution in [0.5, 0.6) is 0 Å². The molecule has 0 saturated heterocycles. The first kappa shape index (κ1) is 12.1. The van der Waals surface area contributed by atoms with Crippen LogP contribution in [0.15, 0.2) is 53.5 Å². The number of pyridine rings is 1. The van der Waals surface area contributed by atoms with Crippen LogP contribution in [0.4, 0.5) is 0 Å². The van der Waals surface area contributed by atoms with Crippen LogP contribution in [0, 0.1) is 0 Å². The van der Waals surface area contributed by atoms with Crippen LogP contribution in [0.1, 0.15) is 15.9 Å². The molecule has 0 spiro atoms. The highest BCUT2D eigenvalue weighted by molar-refractivity contribution is 5.87. The lowest BCUT2D eigenvalue weighted by molar-refractivity contribution is 0.0696. The van der Waals surface area contributed by atoms with Gasteiger partial charge in [0.05, 0.1) is 5.56 Å². The second kappa shape index (κ2) is 5.31. The second-order valence-electron chi connectivity index (χ2n) is 3.99. The van der Waals surface area contributed by atoms with Gasteiger partial charge in [-0.1, -0.05) is 30.3 Å². The van der Waals surface area contributed by atoms with Crippen LogP contribution in [0.3, 0.4) is 0 Å². The molecule has 2 rings (SSSR count). The van der Waals surface area contributed by atoms with Crippen LogP contribution in [-0.4, -0.2) is 15.6 Å². The van der Waals surface area contributed by atoms with Gasteiger partial charge in [-0.3, -0.25) is 4.79 Å². The van der Waals surface area contributed by atoms with E-state index in [0.29, 0.717) is 6.54 Å². The number of carboxylic acids is 1. The third-order valence-electron chi connectivity index (χ3n) is 2.73. The first-order chi connectivity index (χ1) is 8.66. The number of rotatable bonds is 4. The summed E-state index contributed by atoms with van der Waals surface area (Å²) < 4.78 is 1.51. The fraction of sp³-hybridized carbons (Fsp3) is 0.143. The Kier molecular flexibility index (Phi) is 3.57. The molecule has 18 heavy (non-hydrogen) atoms. The first-order valence-corrected chi connectivity index (χ1v) is 5.64. The third kappa shape index (κ3) is 2.85. The van der Waals surface area contributed by atoms with E-state index in [1.54, 1.807) is 0 Å². The highest BCUT2D eigenvalue weighted by Crippen LogP contribution is 2.01. The van der Waals surface area contributed by atoms with E-state index in [1.165, 1.54) is 16.8 Å². The normalized spacial score (nSPS) is 10.2. The van der Waals surface area contributed by atoms with Gasteiger partial charge in [0.2, 0.25) is 0 Å². The Morgan fingerprint density at radius 1 is 1.17 bits per heavy atom. The number of aromatic carboxylic acids is 1. The van der Waals surface area contributed by atoms with Crippen molar-refractivity contribution in [2.24, 2.45) is 0 Å². The molecule has 0 unspecified atom stereocenters. The van der Waals surface area contributed by atoms with Gasteiger partial charge in [0.15, 0.2) is 0 Å². The highest BCUT2D eigenvalue weighted by Gasteiger charge is 2.04. The van der Waals surface area contributed by atoms with Gasteiger partial charge in [-0.2, -0.15) is 0 Å². The zero-order valence-corrected chi connectivity index (χ0v) is 9.74. The molecule has 0 amide bonds. The van der Waals surface area contributed by atoms with Crippen molar-refractivity contribution in [1.82, 2.24) is 4.57 Å². The standard InChI is InChI=1S/C14H13NO3/c16-13-10-12(14(17)18)7-9-15(13)8-6-11-4-2-1-3-5-11/h1-5,7,9-10H,6,8H2,(H,17,18). The molecule has 0 aliphatic carbocycles. The van der Waals surface area contributed by atoms with Gasteiger partial charge in [-0.25, -0.2) is 4.79 Å². The summed E-state index contributed by atoms with van der Waals surface area (Å²) in [4.78, 5) is 22.4. The van der Waals surface area contributed by atoms with E-state index in [1.807, 2.05) is 30.3 Å². The number of carboxylic acid groups (broad SMARTS) is 1. The summed E-state index contributed by atoms with van der Waals surface area (Å²) >= 11 is 0. The summed E-state index contributed by atoms with van der Waals surface area (Å²) in [5.74, 6) is -1.08. The van der Waals surface area contributed by atoms with Crippen molar-refractivity contribution >= 4 is 5.97 Å². The van der Waals surface area contributed by atoms with Crippen molar-refractivity contribution in [2.45, 2.75) is 13.0 Å². The fourth-order valence-corrected chi connectivity index (χ4v) is 1.72. The minimum atomic E-state index is -1.08. The molecule has 0 atom stereocenters. The lowest BCUT2D eigenvalue weighted by Gasteiger charge is -2.05. The number of aromatic nitrogens is 1. The molecule has 0 saturated carbocycles. The SMILES string of the molecule is O=C(O)c1ccn(CCc2ccccc2)c(=O)c1. The molecule has 4 heteroatoms. The van der Waals surface area contributed by atoms with Crippen LogP contribution < -0.4 is 5.56 Å². The predicted octanol–water partition coefficient (Wildman–Crippen LogP) is 1.79. The summed E-state index contributed by atoms with van der Waals surface area (Å²) in [5.41, 5.74) is 0.883. The molecule has 0 radical (unpaired) electrons. The number of hydrogen-bond donors (Lipinski definition) is 1. The van der Waals surface area contributed by atoms with Gasteiger partial charge < -0.3 is 9.67 Å². The number of benzene rings is 1. The summed E-state index contributed by atoms with van der Waals surface area (Å²) in [6.45, 7) is 0.544. The number of aryl methyl sites for hydroxylation is 2. The zero-order chi connectivity index (χ0) is 13.0. The van der Waals surface area contributed by atoms with E-state index in [-0.39, 0.29) is 11.1 Å². The monoisotopic (exact) mass is 243 g/mol. The molecular formula is C14H13NO3. The minimum Gasteiger partial charge on any atom is -0.478 e. The van der Waals surface area contributed by atoms with Crippen LogP contribution in [0.2, 0.25) is 0 Å².